The number of nitrogens with zero attached hydrogens (tertiary/aromatic N) is 2. The standard InChI is InChI=1S/C22H31N3O3/c1-17-4-6-18(7-5-17)14-23-21(27)25-15-19(20(26)24-10-2-3-11-24)22(16-25)8-12-28-13-9-22/h4-7,19H,2-3,8-16H2,1H3,(H,23,27)/t19-/m0/s1. The zero-order valence-corrected chi connectivity index (χ0v) is 16.8. The fourth-order valence-electron chi connectivity index (χ4n) is 4.90. The smallest absolute Gasteiger partial charge is 0.317 e. The third-order valence-corrected chi connectivity index (χ3v) is 6.70. The van der Waals surface area contributed by atoms with Gasteiger partial charge in [0.2, 0.25) is 5.91 Å². The molecular formula is C22H31N3O3. The van der Waals surface area contributed by atoms with Gasteiger partial charge in [0.1, 0.15) is 0 Å². The largest absolute Gasteiger partial charge is 0.381 e. The summed E-state index contributed by atoms with van der Waals surface area (Å²) in [5.74, 6) is 0.146. The molecule has 0 saturated carbocycles. The molecule has 0 bridgehead atoms. The average molecular weight is 386 g/mol. The van der Waals surface area contributed by atoms with Crippen LogP contribution in [0, 0.1) is 18.3 Å². The Morgan fingerprint density at radius 1 is 1.11 bits per heavy atom. The molecule has 0 unspecified atom stereocenters. The van der Waals surface area contributed by atoms with Crippen molar-refractivity contribution in [3.63, 3.8) is 0 Å². The summed E-state index contributed by atoms with van der Waals surface area (Å²) < 4.78 is 5.58. The Kier molecular flexibility index (Phi) is 5.58. The normalized spacial score (nSPS) is 24.0. The number of amides is 3. The summed E-state index contributed by atoms with van der Waals surface area (Å²) in [6, 6.07) is 8.12. The van der Waals surface area contributed by atoms with E-state index in [1.54, 1.807) is 0 Å². The molecule has 0 aromatic heterocycles. The van der Waals surface area contributed by atoms with E-state index in [2.05, 4.69) is 24.4 Å². The first-order valence-corrected chi connectivity index (χ1v) is 10.5. The van der Waals surface area contributed by atoms with E-state index in [1.807, 2.05) is 21.9 Å². The Hall–Kier alpha value is -2.08. The van der Waals surface area contributed by atoms with Crippen LogP contribution in [0.3, 0.4) is 0 Å². The second kappa shape index (κ2) is 8.11. The number of rotatable bonds is 3. The van der Waals surface area contributed by atoms with Crippen LogP contribution in [0.5, 0.6) is 0 Å². The van der Waals surface area contributed by atoms with E-state index < -0.39 is 0 Å². The SMILES string of the molecule is Cc1ccc(CNC(=O)N2C[C@@H](C(=O)N3CCCC3)C3(CCOCC3)C2)cc1. The summed E-state index contributed by atoms with van der Waals surface area (Å²) in [7, 11) is 0. The number of aryl methyl sites for hydroxylation is 1. The van der Waals surface area contributed by atoms with Crippen LogP contribution in [0.4, 0.5) is 4.79 Å². The monoisotopic (exact) mass is 385 g/mol. The summed E-state index contributed by atoms with van der Waals surface area (Å²) >= 11 is 0. The van der Waals surface area contributed by atoms with Gasteiger partial charge in [0.05, 0.1) is 5.92 Å². The van der Waals surface area contributed by atoms with Crippen LogP contribution in [-0.4, -0.2) is 61.1 Å². The fraction of sp³-hybridized carbons (Fsp3) is 0.636. The van der Waals surface area contributed by atoms with Gasteiger partial charge in [-0.3, -0.25) is 4.79 Å². The molecule has 0 radical (unpaired) electrons. The van der Waals surface area contributed by atoms with Gasteiger partial charge in [-0.2, -0.15) is 0 Å². The molecule has 1 atom stereocenters. The number of carbonyl (C=O) groups excluding carboxylic acids is 2. The number of urea groups is 1. The van der Waals surface area contributed by atoms with Crippen LogP contribution in [0.1, 0.15) is 36.8 Å². The van der Waals surface area contributed by atoms with Crippen molar-refractivity contribution in [1.82, 2.24) is 15.1 Å². The Morgan fingerprint density at radius 3 is 2.46 bits per heavy atom. The van der Waals surface area contributed by atoms with E-state index in [1.165, 1.54) is 5.56 Å². The highest BCUT2D eigenvalue weighted by molar-refractivity contribution is 5.83. The molecular weight excluding hydrogens is 354 g/mol. The van der Waals surface area contributed by atoms with Gasteiger partial charge < -0.3 is 19.9 Å². The number of hydrogen-bond donors (Lipinski definition) is 1. The lowest BCUT2D eigenvalue weighted by atomic mass is 9.71. The summed E-state index contributed by atoms with van der Waals surface area (Å²) in [5, 5.41) is 3.04. The van der Waals surface area contributed by atoms with Crippen molar-refractivity contribution in [3.05, 3.63) is 35.4 Å². The predicted molar refractivity (Wildman–Crippen MR) is 107 cm³/mol. The molecule has 1 aromatic carbocycles. The Morgan fingerprint density at radius 2 is 1.79 bits per heavy atom. The van der Waals surface area contributed by atoms with E-state index in [9.17, 15) is 9.59 Å². The number of hydrogen-bond acceptors (Lipinski definition) is 3. The first kappa shape index (κ1) is 19.2. The van der Waals surface area contributed by atoms with Crippen LogP contribution in [-0.2, 0) is 16.1 Å². The molecule has 28 heavy (non-hydrogen) atoms. The molecule has 3 heterocycles. The molecule has 152 valence electrons. The van der Waals surface area contributed by atoms with Gasteiger partial charge in [-0.25, -0.2) is 4.79 Å². The maximum absolute atomic E-state index is 13.2. The van der Waals surface area contributed by atoms with Gasteiger partial charge in [-0.05, 0) is 38.2 Å². The van der Waals surface area contributed by atoms with Crippen LogP contribution in [0.15, 0.2) is 24.3 Å². The van der Waals surface area contributed by atoms with Crippen molar-refractivity contribution in [1.29, 1.82) is 0 Å². The maximum Gasteiger partial charge on any atom is 0.317 e. The molecule has 3 aliphatic rings. The average Bonchev–Trinajstić information content (AvgIpc) is 3.36. The third kappa shape index (κ3) is 3.88. The highest BCUT2D eigenvalue weighted by Crippen LogP contribution is 2.45. The minimum Gasteiger partial charge on any atom is -0.381 e. The highest BCUT2D eigenvalue weighted by Gasteiger charge is 2.52. The Labute approximate surface area is 167 Å². The van der Waals surface area contributed by atoms with E-state index >= 15 is 0 Å². The molecule has 3 aliphatic heterocycles. The quantitative estimate of drug-likeness (QED) is 0.870. The third-order valence-electron chi connectivity index (χ3n) is 6.70. The topological polar surface area (TPSA) is 61.9 Å². The van der Waals surface area contributed by atoms with Crippen molar-refractivity contribution in [2.75, 3.05) is 39.4 Å². The Bertz CT molecular complexity index is 706. The van der Waals surface area contributed by atoms with Crippen LogP contribution >= 0.6 is 0 Å². The fourth-order valence-corrected chi connectivity index (χ4v) is 4.90. The van der Waals surface area contributed by atoms with Gasteiger partial charge in [-0.1, -0.05) is 29.8 Å². The lowest BCUT2D eigenvalue weighted by molar-refractivity contribution is -0.139. The first-order valence-electron chi connectivity index (χ1n) is 10.5. The lowest BCUT2D eigenvalue weighted by Gasteiger charge is -2.38. The summed E-state index contributed by atoms with van der Waals surface area (Å²) in [4.78, 5) is 30.0. The maximum atomic E-state index is 13.2. The minimum atomic E-state index is -0.126. The van der Waals surface area contributed by atoms with Crippen molar-refractivity contribution >= 4 is 11.9 Å². The zero-order chi connectivity index (χ0) is 19.6. The molecule has 1 aromatic rings. The summed E-state index contributed by atoms with van der Waals surface area (Å²) in [6.45, 7) is 6.83. The second-order valence-corrected chi connectivity index (χ2v) is 8.58. The number of carbonyl (C=O) groups is 2. The van der Waals surface area contributed by atoms with Crippen molar-refractivity contribution in [2.24, 2.45) is 11.3 Å². The molecule has 6 heteroatoms. The summed E-state index contributed by atoms with van der Waals surface area (Å²) in [5.41, 5.74) is 2.17. The molecule has 3 saturated heterocycles. The van der Waals surface area contributed by atoms with Gasteiger partial charge in [0.15, 0.2) is 0 Å². The predicted octanol–water partition coefficient (Wildman–Crippen LogP) is 2.56. The van der Waals surface area contributed by atoms with Gasteiger partial charge >= 0.3 is 6.03 Å². The molecule has 3 fully saturated rings. The highest BCUT2D eigenvalue weighted by atomic mass is 16.5. The molecule has 1 N–H and O–H groups in total. The van der Waals surface area contributed by atoms with Crippen LogP contribution in [0.2, 0.25) is 0 Å². The van der Waals surface area contributed by atoms with Crippen molar-refractivity contribution in [2.45, 2.75) is 39.2 Å². The van der Waals surface area contributed by atoms with E-state index in [0.717, 1.165) is 44.3 Å². The summed E-state index contributed by atoms with van der Waals surface area (Å²) in [6.07, 6.45) is 3.91. The van der Waals surface area contributed by atoms with Crippen LogP contribution < -0.4 is 5.32 Å². The Balaban J connectivity index is 1.43. The molecule has 0 aliphatic carbocycles. The molecule has 4 rings (SSSR count). The zero-order valence-electron chi connectivity index (χ0n) is 16.8. The molecule has 1 spiro atoms. The second-order valence-electron chi connectivity index (χ2n) is 8.58. The number of likely N-dealkylation sites (tertiary alicyclic amines) is 2. The van der Waals surface area contributed by atoms with E-state index in [4.69, 9.17) is 4.74 Å². The van der Waals surface area contributed by atoms with Crippen LogP contribution in [0.25, 0.3) is 0 Å². The molecule has 6 nitrogen and oxygen atoms in total. The minimum absolute atomic E-state index is 0.0665. The number of ether oxygens (including phenoxy) is 1. The lowest BCUT2D eigenvalue weighted by Crippen LogP contribution is -2.45. The van der Waals surface area contributed by atoms with E-state index in [0.29, 0.717) is 32.8 Å². The van der Waals surface area contributed by atoms with Gasteiger partial charge in [0, 0.05) is 51.4 Å². The van der Waals surface area contributed by atoms with Gasteiger partial charge in [0.25, 0.3) is 0 Å². The van der Waals surface area contributed by atoms with Gasteiger partial charge in [-0.15, -0.1) is 0 Å². The van der Waals surface area contributed by atoms with Crippen molar-refractivity contribution in [3.8, 4) is 0 Å². The van der Waals surface area contributed by atoms with Crippen molar-refractivity contribution < 1.29 is 14.3 Å². The molecule has 3 amide bonds. The number of nitrogens with one attached hydrogen (secondary N) is 1. The van der Waals surface area contributed by atoms with E-state index in [-0.39, 0.29) is 23.3 Å². The first-order chi connectivity index (χ1) is 13.6. The number of benzene rings is 1.